The molecular weight excluding hydrogens is 228 g/mol. The summed E-state index contributed by atoms with van der Waals surface area (Å²) in [6.07, 6.45) is 1.30. The van der Waals surface area contributed by atoms with E-state index < -0.39 is 11.6 Å². The molecule has 2 rings (SSSR count). The smallest absolute Gasteiger partial charge is 0.135 e. The molecule has 0 aliphatic heterocycles. The van der Waals surface area contributed by atoms with Gasteiger partial charge < -0.3 is 10.8 Å². The molecule has 2 aromatic rings. The largest absolute Gasteiger partial charge is 0.396 e. The first-order valence-electron chi connectivity index (χ1n) is 5.01. The molecule has 0 spiro atoms. The van der Waals surface area contributed by atoms with Crippen molar-refractivity contribution >= 4 is 5.69 Å². The number of halogens is 2. The van der Waals surface area contributed by atoms with Gasteiger partial charge in [-0.25, -0.2) is 8.78 Å². The molecule has 0 fully saturated rings. The lowest BCUT2D eigenvalue weighted by Crippen LogP contribution is -2.08. The standard InChI is InChI=1S/C11H11F2N3O/c12-7-2-1-3-8(13)10(7)11-9(14)6-15-16(11)4-5-17/h1-3,6,17H,4-5,14H2. The zero-order valence-corrected chi connectivity index (χ0v) is 8.90. The van der Waals surface area contributed by atoms with E-state index in [2.05, 4.69) is 5.10 Å². The minimum Gasteiger partial charge on any atom is -0.396 e. The van der Waals surface area contributed by atoms with Crippen LogP contribution in [0.1, 0.15) is 0 Å². The monoisotopic (exact) mass is 239 g/mol. The average molecular weight is 239 g/mol. The summed E-state index contributed by atoms with van der Waals surface area (Å²) in [4.78, 5) is 0. The van der Waals surface area contributed by atoms with Crippen molar-refractivity contribution in [3.05, 3.63) is 36.0 Å². The molecule has 0 saturated carbocycles. The van der Waals surface area contributed by atoms with E-state index in [0.717, 1.165) is 12.1 Å². The highest BCUT2D eigenvalue weighted by Gasteiger charge is 2.18. The highest BCUT2D eigenvalue weighted by molar-refractivity contribution is 5.73. The highest BCUT2D eigenvalue weighted by Crippen LogP contribution is 2.30. The van der Waals surface area contributed by atoms with Gasteiger partial charge in [0.05, 0.1) is 36.3 Å². The van der Waals surface area contributed by atoms with E-state index in [0.29, 0.717) is 0 Å². The number of benzene rings is 1. The Morgan fingerprint density at radius 1 is 1.29 bits per heavy atom. The van der Waals surface area contributed by atoms with Crippen molar-refractivity contribution in [2.24, 2.45) is 0 Å². The lowest BCUT2D eigenvalue weighted by Gasteiger charge is -2.09. The molecule has 3 N–H and O–H groups in total. The summed E-state index contributed by atoms with van der Waals surface area (Å²) < 4.78 is 28.5. The van der Waals surface area contributed by atoms with Crippen LogP contribution in [0.5, 0.6) is 0 Å². The number of nitrogens with two attached hydrogens (primary N) is 1. The third kappa shape index (κ3) is 1.99. The molecule has 0 aliphatic carbocycles. The minimum atomic E-state index is -0.712. The van der Waals surface area contributed by atoms with Crippen molar-refractivity contribution in [3.8, 4) is 11.3 Å². The van der Waals surface area contributed by atoms with Crippen molar-refractivity contribution in [3.63, 3.8) is 0 Å². The van der Waals surface area contributed by atoms with Gasteiger partial charge in [-0.3, -0.25) is 4.68 Å². The first-order chi connectivity index (χ1) is 8.15. The molecular formula is C11H11F2N3O. The maximum atomic E-state index is 13.6. The quantitative estimate of drug-likeness (QED) is 0.851. The number of aliphatic hydroxyl groups excluding tert-OH is 1. The minimum absolute atomic E-state index is 0.125. The molecule has 4 nitrogen and oxygen atoms in total. The van der Waals surface area contributed by atoms with E-state index in [9.17, 15) is 8.78 Å². The second kappa shape index (κ2) is 4.50. The van der Waals surface area contributed by atoms with E-state index in [1.54, 1.807) is 0 Å². The van der Waals surface area contributed by atoms with E-state index in [1.807, 2.05) is 0 Å². The molecule has 0 amide bonds. The Morgan fingerprint density at radius 2 is 1.94 bits per heavy atom. The van der Waals surface area contributed by atoms with Crippen LogP contribution in [0.4, 0.5) is 14.5 Å². The van der Waals surface area contributed by atoms with E-state index in [4.69, 9.17) is 10.8 Å². The Hall–Kier alpha value is -1.95. The fourth-order valence-electron chi connectivity index (χ4n) is 1.66. The number of hydrogen-bond acceptors (Lipinski definition) is 3. The van der Waals surface area contributed by atoms with Gasteiger partial charge in [0.1, 0.15) is 11.6 Å². The molecule has 1 aromatic carbocycles. The maximum absolute atomic E-state index is 13.6. The number of rotatable bonds is 3. The lowest BCUT2D eigenvalue weighted by atomic mass is 10.1. The Bertz CT molecular complexity index is 519. The van der Waals surface area contributed by atoms with Gasteiger partial charge in [-0.1, -0.05) is 6.07 Å². The first-order valence-corrected chi connectivity index (χ1v) is 5.01. The fourth-order valence-corrected chi connectivity index (χ4v) is 1.66. The summed E-state index contributed by atoms with van der Waals surface area (Å²) in [6, 6.07) is 3.57. The number of aliphatic hydroxyl groups is 1. The molecule has 17 heavy (non-hydrogen) atoms. The van der Waals surface area contributed by atoms with Crippen LogP contribution >= 0.6 is 0 Å². The second-order valence-corrected chi connectivity index (χ2v) is 3.49. The van der Waals surface area contributed by atoms with Crippen LogP contribution in [0, 0.1) is 11.6 Å². The van der Waals surface area contributed by atoms with Gasteiger partial charge in [0, 0.05) is 0 Å². The third-order valence-electron chi connectivity index (χ3n) is 2.38. The predicted molar refractivity (Wildman–Crippen MR) is 59.1 cm³/mol. The van der Waals surface area contributed by atoms with E-state index in [-0.39, 0.29) is 30.1 Å². The van der Waals surface area contributed by atoms with Crippen LogP contribution in [0.25, 0.3) is 11.3 Å². The number of aromatic nitrogens is 2. The van der Waals surface area contributed by atoms with Crippen molar-refractivity contribution in [1.82, 2.24) is 9.78 Å². The Morgan fingerprint density at radius 3 is 2.53 bits per heavy atom. The van der Waals surface area contributed by atoms with Crippen molar-refractivity contribution < 1.29 is 13.9 Å². The summed E-state index contributed by atoms with van der Waals surface area (Å²) in [5.41, 5.74) is 5.73. The van der Waals surface area contributed by atoms with Crippen LogP contribution in [0.2, 0.25) is 0 Å². The molecule has 6 heteroatoms. The van der Waals surface area contributed by atoms with Gasteiger partial charge in [-0.05, 0) is 12.1 Å². The van der Waals surface area contributed by atoms with Crippen LogP contribution in [-0.2, 0) is 6.54 Å². The normalized spacial score (nSPS) is 10.8. The van der Waals surface area contributed by atoms with E-state index in [1.165, 1.54) is 16.9 Å². The van der Waals surface area contributed by atoms with Gasteiger partial charge in [0.25, 0.3) is 0 Å². The fraction of sp³-hybridized carbons (Fsp3) is 0.182. The summed E-state index contributed by atoms with van der Waals surface area (Å²) in [6.45, 7) is -0.0650. The maximum Gasteiger partial charge on any atom is 0.135 e. The summed E-state index contributed by atoms with van der Waals surface area (Å²) in [5, 5.41) is 12.7. The number of nitrogen functional groups attached to an aromatic ring is 1. The van der Waals surface area contributed by atoms with Crippen LogP contribution in [-0.4, -0.2) is 21.5 Å². The molecule has 0 unspecified atom stereocenters. The predicted octanol–water partition coefficient (Wildman–Crippen LogP) is 1.40. The SMILES string of the molecule is Nc1cnn(CCO)c1-c1c(F)cccc1F. The van der Waals surface area contributed by atoms with Gasteiger partial charge in [-0.15, -0.1) is 0 Å². The van der Waals surface area contributed by atoms with Gasteiger partial charge in [0.15, 0.2) is 0 Å². The average Bonchev–Trinajstić information content (AvgIpc) is 2.62. The molecule has 0 radical (unpaired) electrons. The Balaban J connectivity index is 2.63. The van der Waals surface area contributed by atoms with Crippen LogP contribution in [0.3, 0.4) is 0 Å². The number of nitrogens with zero attached hydrogens (tertiary/aromatic N) is 2. The lowest BCUT2D eigenvalue weighted by molar-refractivity contribution is 0.270. The van der Waals surface area contributed by atoms with Crippen molar-refractivity contribution in [2.45, 2.75) is 6.54 Å². The van der Waals surface area contributed by atoms with Crippen molar-refractivity contribution in [1.29, 1.82) is 0 Å². The van der Waals surface area contributed by atoms with E-state index >= 15 is 0 Å². The molecule has 1 heterocycles. The van der Waals surface area contributed by atoms with Crippen molar-refractivity contribution in [2.75, 3.05) is 12.3 Å². The molecule has 0 aliphatic rings. The number of anilines is 1. The van der Waals surface area contributed by atoms with Crippen LogP contribution < -0.4 is 5.73 Å². The summed E-state index contributed by atoms with van der Waals surface area (Å²) in [7, 11) is 0. The Kier molecular flexibility index (Phi) is 3.06. The molecule has 0 bridgehead atoms. The summed E-state index contributed by atoms with van der Waals surface area (Å²) >= 11 is 0. The molecule has 1 aromatic heterocycles. The van der Waals surface area contributed by atoms with Crippen LogP contribution in [0.15, 0.2) is 24.4 Å². The van der Waals surface area contributed by atoms with Gasteiger partial charge in [0.2, 0.25) is 0 Å². The highest BCUT2D eigenvalue weighted by atomic mass is 19.1. The molecule has 0 atom stereocenters. The Labute approximate surface area is 96.3 Å². The van der Waals surface area contributed by atoms with Gasteiger partial charge in [-0.2, -0.15) is 5.10 Å². The second-order valence-electron chi connectivity index (χ2n) is 3.49. The summed E-state index contributed by atoms with van der Waals surface area (Å²) in [5.74, 6) is -1.42. The first kappa shape index (κ1) is 11.5. The third-order valence-corrected chi connectivity index (χ3v) is 2.38. The zero-order valence-electron chi connectivity index (χ0n) is 8.90. The molecule has 90 valence electrons. The zero-order chi connectivity index (χ0) is 12.4. The van der Waals surface area contributed by atoms with Gasteiger partial charge >= 0.3 is 0 Å². The number of hydrogen-bond donors (Lipinski definition) is 2. The molecule has 0 saturated heterocycles. The topological polar surface area (TPSA) is 64.1 Å².